The van der Waals surface area contributed by atoms with E-state index in [2.05, 4.69) is 5.32 Å². The molecule has 0 bridgehead atoms. The molecular formula is C16H15F2NOS. The largest absolute Gasteiger partial charge is 0.326 e. The summed E-state index contributed by atoms with van der Waals surface area (Å²) in [7, 11) is 0. The van der Waals surface area contributed by atoms with Gasteiger partial charge in [-0.25, -0.2) is 8.78 Å². The second-order valence-corrected chi connectivity index (χ2v) is 5.53. The molecule has 0 saturated carbocycles. The number of thioether (sulfide) groups is 1. The van der Waals surface area contributed by atoms with Crippen molar-refractivity contribution in [1.82, 2.24) is 0 Å². The molecule has 0 radical (unpaired) electrons. The van der Waals surface area contributed by atoms with Crippen LogP contribution in [-0.4, -0.2) is 11.7 Å². The lowest BCUT2D eigenvalue weighted by atomic mass is 10.2. The zero-order chi connectivity index (χ0) is 15.1. The van der Waals surface area contributed by atoms with Crippen LogP contribution in [0, 0.1) is 11.6 Å². The molecule has 0 unspecified atom stereocenters. The van der Waals surface area contributed by atoms with Gasteiger partial charge in [-0.1, -0.05) is 30.3 Å². The highest BCUT2D eigenvalue weighted by molar-refractivity contribution is 7.98. The molecule has 2 aromatic carbocycles. The summed E-state index contributed by atoms with van der Waals surface area (Å²) in [5.74, 6) is -0.835. The van der Waals surface area contributed by atoms with Gasteiger partial charge in [0.05, 0.1) is 0 Å². The van der Waals surface area contributed by atoms with E-state index >= 15 is 0 Å². The molecule has 0 heterocycles. The zero-order valence-corrected chi connectivity index (χ0v) is 12.1. The summed E-state index contributed by atoms with van der Waals surface area (Å²) < 4.78 is 26.4. The summed E-state index contributed by atoms with van der Waals surface area (Å²) in [6.07, 6.45) is 0.330. The first-order chi connectivity index (χ1) is 10.2. The number of benzene rings is 2. The van der Waals surface area contributed by atoms with Crippen LogP contribution >= 0.6 is 11.8 Å². The molecule has 0 aliphatic heterocycles. The predicted molar refractivity (Wildman–Crippen MR) is 82.2 cm³/mol. The van der Waals surface area contributed by atoms with Gasteiger partial charge in [0.15, 0.2) is 11.6 Å². The quantitative estimate of drug-likeness (QED) is 0.809. The van der Waals surface area contributed by atoms with Crippen molar-refractivity contribution in [2.45, 2.75) is 12.2 Å². The molecule has 0 atom stereocenters. The van der Waals surface area contributed by atoms with Crippen LogP contribution in [-0.2, 0) is 10.5 Å². The minimum Gasteiger partial charge on any atom is -0.326 e. The highest BCUT2D eigenvalue weighted by atomic mass is 32.2. The summed E-state index contributed by atoms with van der Waals surface area (Å²) >= 11 is 1.40. The maximum absolute atomic E-state index is 13.4. The second-order valence-electron chi connectivity index (χ2n) is 4.43. The number of carbonyl (C=O) groups excluding carboxylic acids is 1. The van der Waals surface area contributed by atoms with E-state index < -0.39 is 11.6 Å². The molecule has 0 aromatic heterocycles. The van der Waals surface area contributed by atoms with Crippen LogP contribution in [0.15, 0.2) is 48.5 Å². The number of nitrogens with one attached hydrogen (secondary N) is 1. The molecule has 2 rings (SSSR count). The molecule has 21 heavy (non-hydrogen) atoms. The van der Waals surface area contributed by atoms with Gasteiger partial charge in [-0.05, 0) is 18.2 Å². The van der Waals surface area contributed by atoms with Gasteiger partial charge in [0.25, 0.3) is 0 Å². The molecule has 110 valence electrons. The van der Waals surface area contributed by atoms with E-state index in [0.717, 1.165) is 11.8 Å². The summed E-state index contributed by atoms with van der Waals surface area (Å²) in [6, 6.07) is 13.3. The Labute approximate surface area is 126 Å². The zero-order valence-electron chi connectivity index (χ0n) is 11.3. The Bertz CT molecular complexity index is 604. The minimum atomic E-state index is -0.838. The maximum Gasteiger partial charge on any atom is 0.225 e. The first-order valence-corrected chi connectivity index (χ1v) is 7.68. The third kappa shape index (κ3) is 4.86. The van der Waals surface area contributed by atoms with Gasteiger partial charge in [0.1, 0.15) is 0 Å². The predicted octanol–water partition coefficient (Wildman–Crippen LogP) is 4.23. The smallest absolute Gasteiger partial charge is 0.225 e. The fourth-order valence-electron chi connectivity index (χ4n) is 1.75. The first-order valence-electron chi connectivity index (χ1n) is 6.52. The maximum atomic E-state index is 13.4. The summed E-state index contributed by atoms with van der Waals surface area (Å²) in [6.45, 7) is 0. The number of hydrogen-bond donors (Lipinski definition) is 1. The summed E-state index contributed by atoms with van der Waals surface area (Å²) in [4.78, 5) is 11.7. The third-order valence-electron chi connectivity index (χ3n) is 2.82. The molecule has 0 aliphatic rings. The lowest BCUT2D eigenvalue weighted by molar-refractivity contribution is -0.115. The van der Waals surface area contributed by atoms with Crippen molar-refractivity contribution in [2.24, 2.45) is 0 Å². The minimum absolute atomic E-state index is 0.0894. The lowest BCUT2D eigenvalue weighted by Gasteiger charge is -2.06. The topological polar surface area (TPSA) is 29.1 Å². The third-order valence-corrected chi connectivity index (χ3v) is 3.83. The van der Waals surface area contributed by atoms with Crippen molar-refractivity contribution in [3.05, 3.63) is 65.7 Å². The molecule has 5 heteroatoms. The van der Waals surface area contributed by atoms with Crippen molar-refractivity contribution in [3.8, 4) is 0 Å². The van der Waals surface area contributed by atoms with Crippen LogP contribution in [0.25, 0.3) is 0 Å². The average Bonchev–Trinajstić information content (AvgIpc) is 2.49. The fraction of sp³-hybridized carbons (Fsp3) is 0.188. The van der Waals surface area contributed by atoms with Crippen LogP contribution in [0.5, 0.6) is 0 Å². The number of para-hydroxylation sites is 1. The number of amides is 1. The second kappa shape index (κ2) is 7.78. The Morgan fingerprint density at radius 1 is 1.05 bits per heavy atom. The van der Waals surface area contributed by atoms with Crippen LogP contribution in [0.2, 0.25) is 0 Å². The van der Waals surface area contributed by atoms with E-state index in [4.69, 9.17) is 0 Å². The number of rotatable bonds is 6. The van der Waals surface area contributed by atoms with Gasteiger partial charge in [0.2, 0.25) is 5.91 Å². The van der Waals surface area contributed by atoms with E-state index in [9.17, 15) is 13.6 Å². The Kier molecular flexibility index (Phi) is 5.75. The molecule has 1 amide bonds. The van der Waals surface area contributed by atoms with Crippen LogP contribution < -0.4 is 5.32 Å². The van der Waals surface area contributed by atoms with Crippen molar-refractivity contribution in [2.75, 3.05) is 11.1 Å². The molecule has 0 saturated heterocycles. The number of hydrogen-bond acceptors (Lipinski definition) is 2. The number of anilines is 1. The summed E-state index contributed by atoms with van der Waals surface area (Å²) in [5, 5.41) is 2.77. The van der Waals surface area contributed by atoms with Gasteiger partial charge < -0.3 is 5.32 Å². The molecule has 0 spiro atoms. The Morgan fingerprint density at radius 3 is 2.57 bits per heavy atom. The summed E-state index contributed by atoms with van der Waals surface area (Å²) in [5.41, 5.74) is 1.08. The standard InChI is InChI=1S/C16H15F2NOS/c17-14-8-4-5-12(16(14)18)11-21-10-9-15(20)19-13-6-2-1-3-7-13/h1-8H,9-11H2,(H,19,20). The Balaban J connectivity index is 1.72. The van der Waals surface area contributed by atoms with E-state index in [1.54, 1.807) is 6.07 Å². The van der Waals surface area contributed by atoms with Gasteiger partial charge in [-0.2, -0.15) is 11.8 Å². The monoisotopic (exact) mass is 307 g/mol. The molecule has 2 aromatic rings. The van der Waals surface area contributed by atoms with E-state index in [-0.39, 0.29) is 5.91 Å². The van der Waals surface area contributed by atoms with Gasteiger partial charge in [0, 0.05) is 29.2 Å². The van der Waals surface area contributed by atoms with Gasteiger partial charge in [-0.3, -0.25) is 4.79 Å². The molecule has 0 fully saturated rings. The highest BCUT2D eigenvalue weighted by Gasteiger charge is 2.08. The van der Waals surface area contributed by atoms with Gasteiger partial charge >= 0.3 is 0 Å². The molecule has 0 aliphatic carbocycles. The normalized spacial score (nSPS) is 10.4. The van der Waals surface area contributed by atoms with Crippen molar-refractivity contribution >= 4 is 23.4 Å². The molecule has 1 N–H and O–H groups in total. The van der Waals surface area contributed by atoms with Crippen molar-refractivity contribution < 1.29 is 13.6 Å². The SMILES string of the molecule is O=C(CCSCc1cccc(F)c1F)Nc1ccccc1. The van der Waals surface area contributed by atoms with Crippen LogP contribution in [0.4, 0.5) is 14.5 Å². The average molecular weight is 307 g/mol. The van der Waals surface area contributed by atoms with Crippen LogP contribution in [0.3, 0.4) is 0 Å². The van der Waals surface area contributed by atoms with Crippen molar-refractivity contribution in [3.63, 3.8) is 0 Å². The first kappa shape index (κ1) is 15.5. The van der Waals surface area contributed by atoms with E-state index in [0.29, 0.717) is 23.5 Å². The molecule has 2 nitrogen and oxygen atoms in total. The fourth-order valence-corrected chi connectivity index (χ4v) is 2.67. The van der Waals surface area contributed by atoms with Crippen molar-refractivity contribution in [1.29, 1.82) is 0 Å². The number of carbonyl (C=O) groups is 1. The Morgan fingerprint density at radius 2 is 1.81 bits per heavy atom. The van der Waals surface area contributed by atoms with Crippen LogP contribution in [0.1, 0.15) is 12.0 Å². The number of halogens is 2. The highest BCUT2D eigenvalue weighted by Crippen LogP contribution is 2.18. The lowest BCUT2D eigenvalue weighted by Crippen LogP contribution is -2.12. The molecular weight excluding hydrogens is 292 g/mol. The van der Waals surface area contributed by atoms with Gasteiger partial charge in [-0.15, -0.1) is 0 Å². The van der Waals surface area contributed by atoms with E-state index in [1.807, 2.05) is 30.3 Å². The Hall–Kier alpha value is -1.88. The van der Waals surface area contributed by atoms with E-state index in [1.165, 1.54) is 17.8 Å².